The molecule has 184 valence electrons. The molecule has 0 saturated heterocycles. The largest absolute Gasteiger partial charge is 0.414 e. The summed E-state index contributed by atoms with van der Waals surface area (Å²) >= 11 is 0. The highest BCUT2D eigenvalue weighted by Crippen LogP contribution is 2.67. The summed E-state index contributed by atoms with van der Waals surface area (Å²) in [7, 11) is 0. The molecule has 4 aliphatic rings. The highest BCUT2D eigenvalue weighted by Gasteiger charge is 2.59. The van der Waals surface area contributed by atoms with E-state index >= 15 is 0 Å². The van der Waals surface area contributed by atoms with Gasteiger partial charge in [0.1, 0.15) is 0 Å². The highest BCUT2D eigenvalue weighted by atomic mass is 19.4. The molecule has 0 bridgehead atoms. The molecule has 32 heavy (non-hydrogen) atoms. The Bertz CT molecular complexity index is 744. The first-order valence-corrected chi connectivity index (χ1v) is 12.9. The third-order valence-electron chi connectivity index (χ3n) is 10.8. The molecule has 0 aromatic heterocycles. The minimum atomic E-state index is -4.54. The van der Waals surface area contributed by atoms with E-state index in [2.05, 4.69) is 26.8 Å². The van der Waals surface area contributed by atoms with E-state index in [1.807, 2.05) is 6.92 Å². The van der Waals surface area contributed by atoms with Gasteiger partial charge in [0.15, 0.2) is 6.10 Å². The predicted molar refractivity (Wildman–Crippen MR) is 121 cm³/mol. The van der Waals surface area contributed by atoms with Crippen molar-refractivity contribution in [3.05, 3.63) is 11.6 Å². The van der Waals surface area contributed by atoms with Gasteiger partial charge in [0.2, 0.25) is 0 Å². The van der Waals surface area contributed by atoms with Crippen molar-refractivity contribution < 1.29 is 23.4 Å². The second-order valence-electron chi connectivity index (χ2n) is 12.8. The summed E-state index contributed by atoms with van der Waals surface area (Å²) in [4.78, 5) is 0. The first kappa shape index (κ1) is 24.6. The maximum absolute atomic E-state index is 13.0. The number of alkyl halides is 3. The number of aliphatic hydroxyl groups is 2. The van der Waals surface area contributed by atoms with Gasteiger partial charge in [-0.2, -0.15) is 13.2 Å². The lowest BCUT2D eigenvalue weighted by Crippen LogP contribution is -2.52. The summed E-state index contributed by atoms with van der Waals surface area (Å²) in [6.45, 7) is 10.5. The van der Waals surface area contributed by atoms with E-state index in [1.165, 1.54) is 18.4 Å². The molecule has 0 radical (unpaired) electrons. The summed E-state index contributed by atoms with van der Waals surface area (Å²) in [5, 5.41) is 20.4. The van der Waals surface area contributed by atoms with Crippen LogP contribution in [0.15, 0.2) is 11.6 Å². The Morgan fingerprint density at radius 1 is 1.03 bits per heavy atom. The molecule has 0 aromatic rings. The minimum absolute atomic E-state index is 0.184. The van der Waals surface area contributed by atoms with E-state index in [0.29, 0.717) is 30.1 Å². The fourth-order valence-corrected chi connectivity index (χ4v) is 8.98. The maximum Gasteiger partial charge on any atom is 0.414 e. The SMILES string of the molecule is CC(C[C@@H](C)[C@H]1CC[C@H]2[C@@H]3CC=C4C[C@@](C)(O)CC[C@]4(C)[C@H]3CC[C@]12C)[C@H](O)C(F)(F)F. The van der Waals surface area contributed by atoms with Gasteiger partial charge in [-0.25, -0.2) is 0 Å². The van der Waals surface area contributed by atoms with E-state index < -0.39 is 23.8 Å². The van der Waals surface area contributed by atoms with Crippen molar-refractivity contribution in [2.24, 2.45) is 46.3 Å². The van der Waals surface area contributed by atoms with Crippen molar-refractivity contribution >= 4 is 0 Å². The summed E-state index contributed by atoms with van der Waals surface area (Å²) in [6.07, 6.45) is 4.56. The van der Waals surface area contributed by atoms with E-state index in [9.17, 15) is 23.4 Å². The van der Waals surface area contributed by atoms with Gasteiger partial charge in [0.05, 0.1) is 5.60 Å². The lowest BCUT2D eigenvalue weighted by molar-refractivity contribution is -0.219. The summed E-state index contributed by atoms with van der Waals surface area (Å²) in [5.74, 6) is 1.80. The van der Waals surface area contributed by atoms with Gasteiger partial charge < -0.3 is 10.2 Å². The molecule has 4 rings (SSSR count). The monoisotopic (exact) mass is 456 g/mol. The Morgan fingerprint density at radius 2 is 1.72 bits per heavy atom. The molecular weight excluding hydrogens is 413 g/mol. The van der Waals surface area contributed by atoms with Gasteiger partial charge in [-0.1, -0.05) is 39.3 Å². The number of fused-ring (bicyclic) bond motifs is 5. The van der Waals surface area contributed by atoms with Crippen LogP contribution in [0.5, 0.6) is 0 Å². The molecule has 0 aliphatic heterocycles. The first-order valence-electron chi connectivity index (χ1n) is 12.9. The zero-order valence-corrected chi connectivity index (χ0v) is 20.5. The summed E-state index contributed by atoms with van der Waals surface area (Å²) in [5.41, 5.74) is 1.27. The summed E-state index contributed by atoms with van der Waals surface area (Å²) < 4.78 is 39.0. The third-order valence-corrected chi connectivity index (χ3v) is 10.8. The van der Waals surface area contributed by atoms with Gasteiger partial charge in [-0.3, -0.25) is 0 Å². The smallest absolute Gasteiger partial charge is 0.390 e. The Balaban J connectivity index is 1.50. The molecule has 5 heteroatoms. The molecule has 0 aromatic carbocycles. The van der Waals surface area contributed by atoms with E-state index in [1.54, 1.807) is 6.92 Å². The number of hydrogen-bond acceptors (Lipinski definition) is 2. The van der Waals surface area contributed by atoms with Gasteiger partial charge in [0.25, 0.3) is 0 Å². The van der Waals surface area contributed by atoms with Crippen LogP contribution >= 0.6 is 0 Å². The van der Waals surface area contributed by atoms with Crippen LogP contribution in [-0.2, 0) is 0 Å². The average Bonchev–Trinajstić information content (AvgIpc) is 3.04. The van der Waals surface area contributed by atoms with Gasteiger partial charge in [-0.05, 0) is 111 Å². The second-order valence-corrected chi connectivity index (χ2v) is 12.8. The summed E-state index contributed by atoms with van der Waals surface area (Å²) in [6, 6.07) is 0. The maximum atomic E-state index is 13.0. The van der Waals surface area contributed by atoms with Crippen LogP contribution in [0.4, 0.5) is 13.2 Å². The second kappa shape index (κ2) is 8.00. The van der Waals surface area contributed by atoms with Crippen LogP contribution in [0, 0.1) is 46.3 Å². The van der Waals surface area contributed by atoms with Crippen molar-refractivity contribution in [3.8, 4) is 0 Å². The van der Waals surface area contributed by atoms with Crippen molar-refractivity contribution in [3.63, 3.8) is 0 Å². The zero-order chi connectivity index (χ0) is 23.7. The standard InChI is InChI=1S/C27H43F3O2/c1-16(14-17(2)23(31)27(28,29)30)20-8-9-21-19-7-6-18-15-24(3,32)12-13-25(18,4)22(19)10-11-26(20,21)5/h6,16-17,19-23,31-32H,7-15H2,1-5H3/t16-,17?,19+,20-,21+,22+,23+,24+,25+,26-/m1/s1. The van der Waals surface area contributed by atoms with Crippen molar-refractivity contribution in [2.45, 2.75) is 110 Å². The normalized spacial score (nSPS) is 47.0. The van der Waals surface area contributed by atoms with Gasteiger partial charge in [-0.15, -0.1) is 0 Å². The lowest BCUT2D eigenvalue weighted by atomic mass is 9.46. The van der Waals surface area contributed by atoms with Crippen molar-refractivity contribution in [1.29, 1.82) is 0 Å². The van der Waals surface area contributed by atoms with Gasteiger partial charge in [0, 0.05) is 0 Å². The zero-order valence-electron chi connectivity index (χ0n) is 20.5. The molecule has 0 heterocycles. The van der Waals surface area contributed by atoms with Gasteiger partial charge >= 0.3 is 6.18 Å². The quantitative estimate of drug-likeness (QED) is 0.452. The lowest BCUT2D eigenvalue weighted by Gasteiger charge is -2.59. The predicted octanol–water partition coefficient (Wildman–Crippen LogP) is 6.90. The van der Waals surface area contributed by atoms with Crippen LogP contribution in [0.25, 0.3) is 0 Å². The molecular formula is C27H43F3O2. The molecule has 0 spiro atoms. The number of aliphatic hydroxyl groups excluding tert-OH is 1. The Kier molecular flexibility index (Phi) is 6.14. The molecule has 0 amide bonds. The van der Waals surface area contributed by atoms with Crippen LogP contribution in [-0.4, -0.2) is 28.1 Å². The van der Waals surface area contributed by atoms with Crippen LogP contribution in [0.1, 0.15) is 92.4 Å². The molecule has 10 atom stereocenters. The Labute approximate surface area is 192 Å². The van der Waals surface area contributed by atoms with Crippen LogP contribution < -0.4 is 0 Å². The molecule has 3 fully saturated rings. The third kappa shape index (κ3) is 3.97. The first-order chi connectivity index (χ1) is 14.7. The number of halogens is 3. The van der Waals surface area contributed by atoms with E-state index in [4.69, 9.17) is 0 Å². The van der Waals surface area contributed by atoms with Crippen LogP contribution in [0.2, 0.25) is 0 Å². The highest BCUT2D eigenvalue weighted by molar-refractivity contribution is 5.26. The number of hydrogen-bond donors (Lipinski definition) is 2. The fraction of sp³-hybridized carbons (Fsp3) is 0.926. The average molecular weight is 457 g/mol. The topological polar surface area (TPSA) is 40.5 Å². The molecule has 1 unspecified atom stereocenters. The van der Waals surface area contributed by atoms with Crippen LogP contribution in [0.3, 0.4) is 0 Å². The van der Waals surface area contributed by atoms with E-state index in [0.717, 1.165) is 38.5 Å². The Morgan fingerprint density at radius 3 is 2.38 bits per heavy atom. The number of rotatable bonds is 4. The minimum Gasteiger partial charge on any atom is -0.390 e. The Hall–Kier alpha value is -0.550. The van der Waals surface area contributed by atoms with Crippen molar-refractivity contribution in [1.82, 2.24) is 0 Å². The molecule has 3 saturated carbocycles. The van der Waals surface area contributed by atoms with E-state index in [-0.39, 0.29) is 16.7 Å². The van der Waals surface area contributed by atoms with Crippen molar-refractivity contribution in [2.75, 3.05) is 0 Å². The molecule has 2 N–H and O–H groups in total. The number of allylic oxidation sites excluding steroid dienone is 1. The fourth-order valence-electron chi connectivity index (χ4n) is 8.98. The molecule has 2 nitrogen and oxygen atoms in total. The molecule has 4 aliphatic carbocycles.